The SMILES string of the molecule is O=C(Nc1ccn(CCCc2ccc(F)cc2F)c1)c1ccco1. The highest BCUT2D eigenvalue weighted by Crippen LogP contribution is 2.14. The summed E-state index contributed by atoms with van der Waals surface area (Å²) in [6.45, 7) is 0.660. The molecule has 0 fully saturated rings. The lowest BCUT2D eigenvalue weighted by Crippen LogP contribution is -2.10. The van der Waals surface area contributed by atoms with Gasteiger partial charge in [-0.25, -0.2) is 8.78 Å². The van der Waals surface area contributed by atoms with Gasteiger partial charge in [-0.2, -0.15) is 0 Å². The molecule has 1 N–H and O–H groups in total. The third kappa shape index (κ3) is 3.90. The Morgan fingerprint density at radius 3 is 2.83 bits per heavy atom. The summed E-state index contributed by atoms with van der Waals surface area (Å²) < 4.78 is 33.3. The van der Waals surface area contributed by atoms with Crippen molar-refractivity contribution in [1.82, 2.24) is 4.57 Å². The molecule has 0 aliphatic carbocycles. The van der Waals surface area contributed by atoms with Gasteiger partial charge in [0.15, 0.2) is 5.76 Å². The van der Waals surface area contributed by atoms with Gasteiger partial charge in [-0.15, -0.1) is 0 Å². The average Bonchev–Trinajstić information content (AvgIpc) is 3.21. The first-order valence-electron chi connectivity index (χ1n) is 7.56. The van der Waals surface area contributed by atoms with E-state index in [4.69, 9.17) is 4.42 Å². The van der Waals surface area contributed by atoms with Crippen LogP contribution in [0, 0.1) is 11.6 Å². The maximum absolute atomic E-state index is 13.6. The molecule has 24 heavy (non-hydrogen) atoms. The molecule has 0 saturated carbocycles. The topological polar surface area (TPSA) is 47.2 Å². The Bertz CT molecular complexity index is 825. The van der Waals surface area contributed by atoms with Crippen molar-refractivity contribution < 1.29 is 18.0 Å². The zero-order valence-corrected chi connectivity index (χ0v) is 12.8. The second-order valence-corrected chi connectivity index (χ2v) is 5.41. The maximum atomic E-state index is 13.6. The smallest absolute Gasteiger partial charge is 0.291 e. The van der Waals surface area contributed by atoms with E-state index in [9.17, 15) is 13.6 Å². The van der Waals surface area contributed by atoms with Crippen LogP contribution < -0.4 is 5.32 Å². The van der Waals surface area contributed by atoms with E-state index in [1.165, 1.54) is 18.4 Å². The van der Waals surface area contributed by atoms with Crippen molar-refractivity contribution in [2.75, 3.05) is 5.32 Å². The van der Waals surface area contributed by atoms with Gasteiger partial charge in [0.1, 0.15) is 11.6 Å². The summed E-state index contributed by atoms with van der Waals surface area (Å²) in [4.78, 5) is 11.9. The van der Waals surface area contributed by atoms with E-state index in [2.05, 4.69) is 5.32 Å². The lowest BCUT2D eigenvalue weighted by atomic mass is 10.1. The molecular weight excluding hydrogens is 314 g/mol. The van der Waals surface area contributed by atoms with Crippen molar-refractivity contribution in [3.63, 3.8) is 0 Å². The first-order chi connectivity index (χ1) is 11.6. The number of furan rings is 1. The summed E-state index contributed by atoms with van der Waals surface area (Å²) >= 11 is 0. The molecule has 0 radical (unpaired) electrons. The molecule has 0 spiro atoms. The highest BCUT2D eigenvalue weighted by molar-refractivity contribution is 6.02. The van der Waals surface area contributed by atoms with Crippen molar-refractivity contribution >= 4 is 11.6 Å². The van der Waals surface area contributed by atoms with E-state index >= 15 is 0 Å². The van der Waals surface area contributed by atoms with Gasteiger partial charge in [-0.3, -0.25) is 4.79 Å². The van der Waals surface area contributed by atoms with Crippen LogP contribution in [0.25, 0.3) is 0 Å². The molecule has 3 rings (SSSR count). The molecule has 1 aromatic carbocycles. The predicted octanol–water partition coefficient (Wildman–Crippen LogP) is 4.24. The molecule has 0 atom stereocenters. The van der Waals surface area contributed by atoms with Gasteiger partial charge in [0.25, 0.3) is 5.91 Å². The van der Waals surface area contributed by atoms with Gasteiger partial charge in [-0.1, -0.05) is 6.07 Å². The minimum Gasteiger partial charge on any atom is -0.459 e. The predicted molar refractivity (Wildman–Crippen MR) is 85.8 cm³/mol. The summed E-state index contributed by atoms with van der Waals surface area (Å²) in [6, 6.07) is 8.64. The number of benzene rings is 1. The number of hydrogen-bond donors (Lipinski definition) is 1. The Morgan fingerprint density at radius 2 is 2.08 bits per heavy atom. The van der Waals surface area contributed by atoms with Gasteiger partial charge in [-0.05, 0) is 42.7 Å². The number of aromatic nitrogens is 1. The van der Waals surface area contributed by atoms with Crippen LogP contribution >= 0.6 is 0 Å². The van der Waals surface area contributed by atoms with E-state index in [0.29, 0.717) is 30.6 Å². The van der Waals surface area contributed by atoms with Gasteiger partial charge in [0.2, 0.25) is 0 Å². The van der Waals surface area contributed by atoms with Crippen molar-refractivity contribution in [1.29, 1.82) is 0 Å². The molecule has 2 aromatic heterocycles. The standard InChI is InChI=1S/C18H16F2N2O2/c19-14-6-5-13(16(20)11-14)3-1-8-22-9-7-15(12-22)21-18(23)17-4-2-10-24-17/h2,4-7,9-12H,1,3,8H2,(H,21,23). The van der Waals surface area contributed by atoms with E-state index in [1.54, 1.807) is 24.4 Å². The Morgan fingerprint density at radius 1 is 1.21 bits per heavy atom. The molecule has 0 bridgehead atoms. The number of amides is 1. The minimum absolute atomic E-state index is 0.245. The number of nitrogens with zero attached hydrogens (tertiary/aromatic N) is 1. The molecule has 124 valence electrons. The van der Waals surface area contributed by atoms with Crippen LogP contribution in [0.2, 0.25) is 0 Å². The fourth-order valence-electron chi connectivity index (χ4n) is 2.43. The van der Waals surface area contributed by atoms with Crippen molar-refractivity contribution in [2.24, 2.45) is 0 Å². The van der Waals surface area contributed by atoms with Gasteiger partial charge < -0.3 is 14.3 Å². The lowest BCUT2D eigenvalue weighted by Gasteiger charge is -2.05. The van der Waals surface area contributed by atoms with Crippen molar-refractivity contribution in [2.45, 2.75) is 19.4 Å². The number of anilines is 1. The molecule has 0 aliphatic heterocycles. The molecule has 3 aromatic rings. The first kappa shape index (κ1) is 16.0. The largest absolute Gasteiger partial charge is 0.459 e. The summed E-state index contributed by atoms with van der Waals surface area (Å²) in [6.07, 6.45) is 6.27. The fraction of sp³-hybridized carbons (Fsp3) is 0.167. The molecule has 0 saturated heterocycles. The second-order valence-electron chi connectivity index (χ2n) is 5.41. The third-order valence-electron chi connectivity index (χ3n) is 3.63. The zero-order chi connectivity index (χ0) is 16.9. The van der Waals surface area contributed by atoms with Crippen LogP contribution in [0.3, 0.4) is 0 Å². The van der Waals surface area contributed by atoms with Crippen LogP contribution in [0.4, 0.5) is 14.5 Å². The summed E-state index contributed by atoms with van der Waals surface area (Å²) in [5, 5.41) is 2.73. The molecule has 0 unspecified atom stereocenters. The number of hydrogen-bond acceptors (Lipinski definition) is 2. The lowest BCUT2D eigenvalue weighted by molar-refractivity contribution is 0.0996. The van der Waals surface area contributed by atoms with E-state index in [1.807, 2.05) is 10.8 Å². The number of nitrogens with one attached hydrogen (secondary N) is 1. The normalized spacial score (nSPS) is 10.8. The second kappa shape index (κ2) is 7.12. The number of carbonyl (C=O) groups is 1. The molecular formula is C18H16F2N2O2. The van der Waals surface area contributed by atoms with Gasteiger partial charge in [0, 0.05) is 25.0 Å². The zero-order valence-electron chi connectivity index (χ0n) is 12.8. The minimum atomic E-state index is -0.571. The molecule has 6 heteroatoms. The van der Waals surface area contributed by atoms with Crippen molar-refractivity contribution in [3.05, 3.63) is 78.0 Å². The van der Waals surface area contributed by atoms with E-state index < -0.39 is 11.6 Å². The monoisotopic (exact) mass is 330 g/mol. The first-order valence-corrected chi connectivity index (χ1v) is 7.56. The van der Waals surface area contributed by atoms with Crippen molar-refractivity contribution in [3.8, 4) is 0 Å². The van der Waals surface area contributed by atoms with Crippen LogP contribution in [0.15, 0.2) is 59.5 Å². The number of halogens is 2. The molecule has 2 heterocycles. The summed E-state index contributed by atoms with van der Waals surface area (Å²) in [5.41, 5.74) is 1.15. The molecule has 1 amide bonds. The van der Waals surface area contributed by atoms with Gasteiger partial charge >= 0.3 is 0 Å². The highest BCUT2D eigenvalue weighted by atomic mass is 19.1. The van der Waals surface area contributed by atoms with Crippen LogP contribution in [-0.2, 0) is 13.0 Å². The third-order valence-corrected chi connectivity index (χ3v) is 3.63. The van der Waals surface area contributed by atoms with Gasteiger partial charge in [0.05, 0.1) is 12.0 Å². The Hall–Kier alpha value is -2.89. The Labute approximate surface area is 137 Å². The van der Waals surface area contributed by atoms with Crippen LogP contribution in [0.1, 0.15) is 22.5 Å². The Balaban J connectivity index is 1.52. The number of carbonyl (C=O) groups excluding carboxylic acids is 1. The number of rotatable bonds is 6. The Kier molecular flexibility index (Phi) is 4.74. The van der Waals surface area contributed by atoms with Crippen LogP contribution in [-0.4, -0.2) is 10.5 Å². The fourth-order valence-corrected chi connectivity index (χ4v) is 2.43. The highest BCUT2D eigenvalue weighted by Gasteiger charge is 2.09. The van der Waals surface area contributed by atoms with Crippen LogP contribution in [0.5, 0.6) is 0 Å². The quantitative estimate of drug-likeness (QED) is 0.735. The summed E-state index contributed by atoms with van der Waals surface area (Å²) in [5.74, 6) is -1.16. The molecule has 4 nitrogen and oxygen atoms in total. The molecule has 0 aliphatic rings. The maximum Gasteiger partial charge on any atom is 0.291 e. The van der Waals surface area contributed by atoms with E-state index in [0.717, 1.165) is 6.07 Å². The van der Waals surface area contributed by atoms with E-state index in [-0.39, 0.29) is 11.7 Å². The average molecular weight is 330 g/mol. The number of aryl methyl sites for hydroxylation is 2. The summed E-state index contributed by atoms with van der Waals surface area (Å²) in [7, 11) is 0.